The minimum atomic E-state index is -0.459. The van der Waals surface area contributed by atoms with E-state index >= 15 is 0 Å². The van der Waals surface area contributed by atoms with Crippen LogP contribution < -0.4 is 10.9 Å². The van der Waals surface area contributed by atoms with Gasteiger partial charge in [0, 0.05) is 22.2 Å². The normalized spacial score (nSPS) is 10.9. The van der Waals surface area contributed by atoms with Crippen molar-refractivity contribution in [1.29, 1.82) is 0 Å². The third kappa shape index (κ3) is 6.28. The molecule has 0 heterocycles. The molecule has 0 saturated carbocycles. The second-order valence-corrected chi connectivity index (χ2v) is 5.63. The van der Waals surface area contributed by atoms with Crippen LogP contribution >= 0.6 is 23.2 Å². The molecule has 2 aromatic rings. The lowest BCUT2D eigenvalue weighted by atomic mass is 10.2. The van der Waals surface area contributed by atoms with Crippen LogP contribution in [0, 0.1) is 0 Å². The fraction of sp³-hybridized carbons (Fsp3) is 0. The molecule has 0 fully saturated rings. The van der Waals surface area contributed by atoms with Crippen LogP contribution in [0.25, 0.3) is 12.2 Å². The van der Waals surface area contributed by atoms with E-state index in [1.165, 1.54) is 12.2 Å². The molecule has 0 radical (unpaired) electrons. The average Bonchev–Trinajstić information content (AvgIpc) is 2.56. The number of carbonyl (C=O) groups is 2. The number of amides is 2. The van der Waals surface area contributed by atoms with Gasteiger partial charge in [0.2, 0.25) is 0 Å². The number of hydrogen-bond donors (Lipinski definition) is 2. The van der Waals surface area contributed by atoms with Crippen LogP contribution in [0.1, 0.15) is 11.1 Å². The second-order valence-electron chi connectivity index (χ2n) is 4.76. The van der Waals surface area contributed by atoms with Gasteiger partial charge in [0.25, 0.3) is 11.8 Å². The number of nitrogens with one attached hydrogen (secondary N) is 2. The summed E-state index contributed by atoms with van der Waals surface area (Å²) in [5, 5.41) is 1.16. The van der Waals surface area contributed by atoms with E-state index in [0.717, 1.165) is 11.1 Å². The van der Waals surface area contributed by atoms with Gasteiger partial charge in [0.1, 0.15) is 0 Å². The van der Waals surface area contributed by atoms with Crippen molar-refractivity contribution < 1.29 is 9.59 Å². The predicted octanol–water partition coefficient (Wildman–Crippen LogP) is 3.87. The van der Waals surface area contributed by atoms with Crippen LogP contribution in [0.15, 0.2) is 60.7 Å². The molecule has 24 heavy (non-hydrogen) atoms. The van der Waals surface area contributed by atoms with Crippen molar-refractivity contribution in [3.8, 4) is 0 Å². The highest BCUT2D eigenvalue weighted by Gasteiger charge is 1.99. The van der Waals surface area contributed by atoms with E-state index in [2.05, 4.69) is 10.9 Å². The highest BCUT2D eigenvalue weighted by atomic mass is 35.5. The van der Waals surface area contributed by atoms with Gasteiger partial charge in [-0.15, -0.1) is 0 Å². The van der Waals surface area contributed by atoms with E-state index in [0.29, 0.717) is 10.0 Å². The zero-order valence-electron chi connectivity index (χ0n) is 12.5. The largest absolute Gasteiger partial charge is 0.268 e. The Balaban J connectivity index is 1.82. The molecule has 2 N–H and O–H groups in total. The molecule has 122 valence electrons. The first-order chi connectivity index (χ1) is 11.5. The van der Waals surface area contributed by atoms with E-state index < -0.39 is 11.8 Å². The zero-order chi connectivity index (χ0) is 17.4. The smallest absolute Gasteiger partial charge is 0.262 e. The molecule has 0 aliphatic heterocycles. The zero-order valence-corrected chi connectivity index (χ0v) is 14.0. The number of hydrazine groups is 1. The van der Waals surface area contributed by atoms with E-state index in [9.17, 15) is 9.59 Å². The van der Waals surface area contributed by atoms with Gasteiger partial charge < -0.3 is 0 Å². The van der Waals surface area contributed by atoms with Crippen LogP contribution in [-0.2, 0) is 9.59 Å². The van der Waals surface area contributed by atoms with Gasteiger partial charge >= 0.3 is 0 Å². The molecule has 4 nitrogen and oxygen atoms in total. The van der Waals surface area contributed by atoms with E-state index in [1.807, 2.05) is 12.1 Å². The van der Waals surface area contributed by atoms with Crippen LogP contribution in [0.3, 0.4) is 0 Å². The fourth-order valence-electron chi connectivity index (χ4n) is 1.77. The molecule has 0 atom stereocenters. The van der Waals surface area contributed by atoms with Crippen molar-refractivity contribution >= 4 is 47.2 Å². The van der Waals surface area contributed by atoms with Crippen molar-refractivity contribution in [2.75, 3.05) is 0 Å². The number of rotatable bonds is 4. The number of benzene rings is 2. The summed E-state index contributed by atoms with van der Waals surface area (Å²) in [5.41, 5.74) is 6.12. The van der Waals surface area contributed by atoms with Crippen LogP contribution in [0.4, 0.5) is 0 Å². The predicted molar refractivity (Wildman–Crippen MR) is 97.3 cm³/mol. The molecule has 0 saturated heterocycles. The first kappa shape index (κ1) is 17.8. The highest BCUT2D eigenvalue weighted by molar-refractivity contribution is 6.31. The summed E-state index contributed by atoms with van der Waals surface area (Å²) in [4.78, 5) is 23.3. The summed E-state index contributed by atoms with van der Waals surface area (Å²) in [5.74, 6) is -0.918. The molecule has 0 aliphatic rings. The van der Waals surface area contributed by atoms with Gasteiger partial charge in [0.05, 0.1) is 0 Å². The van der Waals surface area contributed by atoms with Gasteiger partial charge in [0.15, 0.2) is 0 Å². The van der Waals surface area contributed by atoms with Gasteiger partial charge in [-0.2, -0.15) is 0 Å². The van der Waals surface area contributed by atoms with Crippen LogP contribution in [0.2, 0.25) is 10.0 Å². The maximum Gasteiger partial charge on any atom is 0.262 e. The van der Waals surface area contributed by atoms with Gasteiger partial charge in [-0.3, -0.25) is 20.4 Å². The summed E-state index contributed by atoms with van der Waals surface area (Å²) >= 11 is 11.7. The first-order valence-corrected chi connectivity index (χ1v) is 7.76. The maximum atomic E-state index is 11.6. The monoisotopic (exact) mass is 360 g/mol. The van der Waals surface area contributed by atoms with Crippen molar-refractivity contribution in [1.82, 2.24) is 10.9 Å². The van der Waals surface area contributed by atoms with Crippen molar-refractivity contribution in [2.24, 2.45) is 0 Å². The van der Waals surface area contributed by atoms with Crippen molar-refractivity contribution in [2.45, 2.75) is 0 Å². The summed E-state index contributed by atoms with van der Waals surface area (Å²) in [7, 11) is 0. The average molecular weight is 361 g/mol. The van der Waals surface area contributed by atoms with Crippen molar-refractivity contribution in [3.05, 3.63) is 81.9 Å². The topological polar surface area (TPSA) is 58.2 Å². The Kier molecular flexibility index (Phi) is 6.61. The molecule has 6 heteroatoms. The summed E-state index contributed by atoms with van der Waals surface area (Å²) in [6.45, 7) is 0. The lowest BCUT2D eigenvalue weighted by molar-refractivity contribution is -0.123. The summed E-state index contributed by atoms with van der Waals surface area (Å²) in [6, 6.07) is 14.1. The Hall–Kier alpha value is -2.56. The maximum absolute atomic E-state index is 11.6. The van der Waals surface area contributed by atoms with Crippen molar-refractivity contribution in [3.63, 3.8) is 0 Å². The Labute approximate surface area is 149 Å². The fourth-order valence-corrected chi connectivity index (χ4v) is 2.17. The Morgan fingerprint density at radius 2 is 1.17 bits per heavy atom. The molecule has 2 rings (SSSR count). The quantitative estimate of drug-likeness (QED) is 0.642. The van der Waals surface area contributed by atoms with E-state index in [-0.39, 0.29) is 0 Å². The molecule has 0 unspecified atom stereocenters. The lowest BCUT2D eigenvalue weighted by Gasteiger charge is -2.02. The van der Waals surface area contributed by atoms with Gasteiger partial charge in [-0.05, 0) is 47.5 Å². The first-order valence-electron chi connectivity index (χ1n) is 7.00. The molecule has 0 aliphatic carbocycles. The molecule has 2 aromatic carbocycles. The Morgan fingerprint density at radius 3 is 1.54 bits per heavy atom. The molecular formula is C18H14Cl2N2O2. The van der Waals surface area contributed by atoms with Crippen LogP contribution in [-0.4, -0.2) is 11.8 Å². The molecule has 0 spiro atoms. The van der Waals surface area contributed by atoms with Gasteiger partial charge in [-0.25, -0.2) is 0 Å². The van der Waals surface area contributed by atoms with Crippen LogP contribution in [0.5, 0.6) is 0 Å². The molecule has 2 amide bonds. The lowest BCUT2D eigenvalue weighted by Crippen LogP contribution is -2.39. The minimum absolute atomic E-state index is 0.459. The number of halogens is 2. The number of carbonyl (C=O) groups excluding carboxylic acids is 2. The Bertz CT molecular complexity index is 734. The third-order valence-electron chi connectivity index (χ3n) is 2.86. The van der Waals surface area contributed by atoms with E-state index in [1.54, 1.807) is 48.6 Å². The molecular weight excluding hydrogens is 347 g/mol. The Morgan fingerprint density at radius 1 is 0.750 bits per heavy atom. The SMILES string of the molecule is O=C(/C=C/c1cccc(Cl)c1)NNC(=O)/C=C/c1cccc(Cl)c1. The molecule has 0 aromatic heterocycles. The van der Waals surface area contributed by atoms with Gasteiger partial charge in [-0.1, -0.05) is 47.5 Å². The number of hydrogen-bond acceptors (Lipinski definition) is 2. The minimum Gasteiger partial charge on any atom is -0.268 e. The highest BCUT2D eigenvalue weighted by Crippen LogP contribution is 2.12. The third-order valence-corrected chi connectivity index (χ3v) is 3.33. The van der Waals surface area contributed by atoms with E-state index in [4.69, 9.17) is 23.2 Å². The second kappa shape index (κ2) is 8.91. The summed E-state index contributed by atoms with van der Waals surface area (Å²) in [6.07, 6.45) is 5.78. The summed E-state index contributed by atoms with van der Waals surface area (Å²) < 4.78 is 0. The molecule has 0 bridgehead atoms. The standard InChI is InChI=1S/C18H14Cl2N2O2/c19-15-5-1-3-13(11-15)7-9-17(23)21-22-18(24)10-8-14-4-2-6-16(20)12-14/h1-12H,(H,21,23)(H,22,24)/b9-7+,10-8+.